The van der Waals surface area contributed by atoms with E-state index in [2.05, 4.69) is 13.4 Å². The van der Waals surface area contributed by atoms with Crippen LogP contribution in [0.4, 0.5) is 0 Å². The molecule has 0 amide bonds. The first-order valence-corrected chi connectivity index (χ1v) is 5.16. The van der Waals surface area contributed by atoms with Gasteiger partial charge in [-0.2, -0.15) is 8.42 Å². The van der Waals surface area contributed by atoms with Gasteiger partial charge in [-0.05, 0) is 13.3 Å². The first-order chi connectivity index (χ1) is 5.62. The SMILES string of the molecule is CCCCOOS(=O)(=O)OCC. The summed E-state index contributed by atoms with van der Waals surface area (Å²) in [6.07, 6.45) is 1.67. The van der Waals surface area contributed by atoms with Gasteiger partial charge in [0, 0.05) is 0 Å². The molecule has 0 aliphatic carbocycles. The fraction of sp³-hybridized carbons (Fsp3) is 1.00. The van der Waals surface area contributed by atoms with E-state index in [1.807, 2.05) is 6.92 Å². The second kappa shape index (κ2) is 6.36. The van der Waals surface area contributed by atoms with Crippen molar-refractivity contribution < 1.29 is 21.8 Å². The molecule has 0 bridgehead atoms. The Labute approximate surface area is 72.9 Å². The van der Waals surface area contributed by atoms with E-state index in [1.54, 1.807) is 6.92 Å². The van der Waals surface area contributed by atoms with E-state index < -0.39 is 10.4 Å². The predicted octanol–water partition coefficient (Wildman–Crippen LogP) is 1.02. The van der Waals surface area contributed by atoms with Crippen LogP contribution in [-0.4, -0.2) is 21.6 Å². The van der Waals surface area contributed by atoms with E-state index in [-0.39, 0.29) is 13.2 Å². The Morgan fingerprint density at radius 1 is 1.25 bits per heavy atom. The summed E-state index contributed by atoms with van der Waals surface area (Å²) in [5.41, 5.74) is 0. The van der Waals surface area contributed by atoms with Crippen LogP contribution in [0.5, 0.6) is 0 Å². The number of hydrogen-bond acceptors (Lipinski definition) is 5. The molecule has 0 atom stereocenters. The average molecular weight is 198 g/mol. The van der Waals surface area contributed by atoms with Crippen molar-refractivity contribution in [2.45, 2.75) is 26.7 Å². The van der Waals surface area contributed by atoms with Crippen molar-refractivity contribution in [3.8, 4) is 0 Å². The van der Waals surface area contributed by atoms with E-state index in [0.29, 0.717) is 0 Å². The first-order valence-electron chi connectivity index (χ1n) is 3.82. The van der Waals surface area contributed by atoms with Gasteiger partial charge < -0.3 is 0 Å². The molecule has 0 N–H and O–H groups in total. The quantitative estimate of drug-likeness (QED) is 0.347. The summed E-state index contributed by atoms with van der Waals surface area (Å²) >= 11 is 0. The molecule has 0 aromatic rings. The highest BCUT2D eigenvalue weighted by Crippen LogP contribution is 1.97. The standard InChI is InChI=1S/C6H14O5S/c1-3-5-6-9-11-12(7,8)10-4-2/h3-6H2,1-2H3. The molecule has 0 aliphatic heterocycles. The minimum absolute atomic E-state index is 0.0411. The maximum atomic E-state index is 10.6. The minimum atomic E-state index is -3.93. The summed E-state index contributed by atoms with van der Waals surface area (Å²) in [7, 11) is -3.93. The van der Waals surface area contributed by atoms with Gasteiger partial charge in [0.1, 0.15) is 0 Å². The molecule has 0 fully saturated rings. The molecule has 0 saturated heterocycles. The van der Waals surface area contributed by atoms with Crippen molar-refractivity contribution >= 4 is 10.4 Å². The Morgan fingerprint density at radius 2 is 1.92 bits per heavy atom. The molecule has 0 radical (unpaired) electrons. The third-order valence-electron chi connectivity index (χ3n) is 0.975. The molecule has 0 rings (SSSR count). The second-order valence-corrected chi connectivity index (χ2v) is 3.25. The first kappa shape index (κ1) is 11.8. The predicted molar refractivity (Wildman–Crippen MR) is 42.5 cm³/mol. The number of unbranched alkanes of at least 4 members (excludes halogenated alkanes) is 1. The van der Waals surface area contributed by atoms with Crippen LogP contribution in [0, 0.1) is 0 Å². The van der Waals surface area contributed by atoms with Crippen LogP contribution >= 0.6 is 0 Å². The van der Waals surface area contributed by atoms with E-state index in [1.165, 1.54) is 0 Å². The lowest BCUT2D eigenvalue weighted by atomic mass is 10.4. The zero-order valence-corrected chi connectivity index (χ0v) is 8.09. The summed E-state index contributed by atoms with van der Waals surface area (Å²) in [4.78, 5) is 4.38. The molecular formula is C6H14O5S. The van der Waals surface area contributed by atoms with Crippen LogP contribution in [0.15, 0.2) is 0 Å². The van der Waals surface area contributed by atoms with Gasteiger partial charge in [0.05, 0.1) is 13.2 Å². The molecule has 6 heteroatoms. The topological polar surface area (TPSA) is 61.8 Å². The van der Waals surface area contributed by atoms with Gasteiger partial charge in [-0.3, -0.25) is 0 Å². The zero-order chi connectivity index (χ0) is 9.45. The molecule has 74 valence electrons. The molecule has 0 aromatic carbocycles. The lowest BCUT2D eigenvalue weighted by Gasteiger charge is -2.02. The molecule has 0 heterocycles. The Balaban J connectivity index is 3.48. The summed E-state index contributed by atoms with van der Waals surface area (Å²) in [6.45, 7) is 3.80. The molecule has 5 nitrogen and oxygen atoms in total. The monoisotopic (exact) mass is 198 g/mol. The van der Waals surface area contributed by atoms with Crippen LogP contribution in [0.25, 0.3) is 0 Å². The maximum Gasteiger partial charge on any atom is 0.426 e. The number of hydrogen-bond donors (Lipinski definition) is 0. The van der Waals surface area contributed by atoms with Gasteiger partial charge in [-0.15, -0.1) is 0 Å². The van der Waals surface area contributed by atoms with Gasteiger partial charge in [0.25, 0.3) is 0 Å². The van der Waals surface area contributed by atoms with Crippen LogP contribution in [0.2, 0.25) is 0 Å². The Bertz CT molecular complexity index is 186. The van der Waals surface area contributed by atoms with Gasteiger partial charge in [-0.25, -0.2) is 9.07 Å². The smallest absolute Gasteiger partial charge is 0.247 e. The average Bonchev–Trinajstić information content (AvgIpc) is 1.98. The van der Waals surface area contributed by atoms with Gasteiger partial charge in [0.2, 0.25) is 0 Å². The zero-order valence-electron chi connectivity index (χ0n) is 7.28. The van der Waals surface area contributed by atoms with Crippen molar-refractivity contribution in [1.82, 2.24) is 0 Å². The highest BCUT2D eigenvalue weighted by atomic mass is 32.3. The summed E-state index contributed by atoms with van der Waals surface area (Å²) in [5.74, 6) is 0. The van der Waals surface area contributed by atoms with E-state index in [9.17, 15) is 8.42 Å². The summed E-state index contributed by atoms with van der Waals surface area (Å²) in [5, 5.41) is 0. The molecule has 0 aliphatic rings. The molecule has 0 unspecified atom stereocenters. The van der Waals surface area contributed by atoms with Gasteiger partial charge in [-0.1, -0.05) is 17.7 Å². The highest BCUT2D eigenvalue weighted by molar-refractivity contribution is 7.81. The summed E-state index contributed by atoms with van der Waals surface area (Å²) in [6, 6.07) is 0. The Kier molecular flexibility index (Phi) is 6.27. The lowest BCUT2D eigenvalue weighted by molar-refractivity contribution is -0.210. The molecule has 12 heavy (non-hydrogen) atoms. The van der Waals surface area contributed by atoms with E-state index in [4.69, 9.17) is 0 Å². The molecule has 0 saturated carbocycles. The Morgan fingerprint density at radius 3 is 2.42 bits per heavy atom. The van der Waals surface area contributed by atoms with Crippen molar-refractivity contribution in [1.29, 1.82) is 0 Å². The van der Waals surface area contributed by atoms with Crippen molar-refractivity contribution in [2.24, 2.45) is 0 Å². The van der Waals surface area contributed by atoms with Gasteiger partial charge >= 0.3 is 10.4 Å². The van der Waals surface area contributed by atoms with E-state index >= 15 is 0 Å². The van der Waals surface area contributed by atoms with Crippen molar-refractivity contribution in [2.75, 3.05) is 13.2 Å². The van der Waals surface area contributed by atoms with Crippen molar-refractivity contribution in [3.63, 3.8) is 0 Å². The number of rotatable bonds is 7. The normalized spacial score (nSPS) is 11.8. The van der Waals surface area contributed by atoms with Gasteiger partial charge in [0.15, 0.2) is 0 Å². The molecular weight excluding hydrogens is 184 g/mol. The van der Waals surface area contributed by atoms with Crippen LogP contribution < -0.4 is 0 Å². The minimum Gasteiger partial charge on any atom is -0.247 e. The lowest BCUT2D eigenvalue weighted by Crippen LogP contribution is -2.10. The summed E-state index contributed by atoms with van der Waals surface area (Å²) < 4.78 is 29.5. The fourth-order valence-electron chi connectivity index (χ4n) is 0.460. The molecule has 0 aromatic heterocycles. The third-order valence-corrected chi connectivity index (χ3v) is 1.76. The highest BCUT2D eigenvalue weighted by Gasteiger charge is 2.10. The van der Waals surface area contributed by atoms with Crippen LogP contribution in [-0.2, 0) is 23.8 Å². The maximum absolute atomic E-state index is 10.6. The van der Waals surface area contributed by atoms with Crippen LogP contribution in [0.3, 0.4) is 0 Å². The molecule has 0 spiro atoms. The third kappa shape index (κ3) is 6.53. The van der Waals surface area contributed by atoms with Crippen molar-refractivity contribution in [3.05, 3.63) is 0 Å². The largest absolute Gasteiger partial charge is 0.426 e. The fourth-order valence-corrected chi connectivity index (χ4v) is 0.974. The van der Waals surface area contributed by atoms with E-state index in [0.717, 1.165) is 12.8 Å². The van der Waals surface area contributed by atoms with Crippen LogP contribution in [0.1, 0.15) is 26.7 Å². The second-order valence-electron chi connectivity index (χ2n) is 2.06. The Hall–Kier alpha value is -0.170.